The number of hydrogen-bond acceptors (Lipinski definition) is 5. The molecule has 0 aliphatic rings. The first-order valence-corrected chi connectivity index (χ1v) is 12.1. The number of nitrogens with zero attached hydrogens (tertiary/aromatic N) is 1. The van der Waals surface area contributed by atoms with E-state index in [1.165, 1.54) is 14.2 Å². The summed E-state index contributed by atoms with van der Waals surface area (Å²) in [6, 6.07) is 32.6. The van der Waals surface area contributed by atoms with Gasteiger partial charge in [-0.3, -0.25) is 4.79 Å². The highest BCUT2D eigenvalue weighted by Gasteiger charge is 2.39. The van der Waals surface area contributed by atoms with Crippen LogP contribution in [0.1, 0.15) is 28.7 Å². The van der Waals surface area contributed by atoms with Crippen LogP contribution in [0.25, 0.3) is 0 Å². The van der Waals surface area contributed by atoms with Crippen LogP contribution in [0.3, 0.4) is 0 Å². The van der Waals surface area contributed by atoms with Crippen molar-refractivity contribution >= 4 is 11.9 Å². The summed E-state index contributed by atoms with van der Waals surface area (Å²) in [7, 11) is 2.86. The highest BCUT2D eigenvalue weighted by atomic mass is 16.5. The van der Waals surface area contributed by atoms with Gasteiger partial charge in [-0.25, -0.2) is 9.78 Å². The van der Waals surface area contributed by atoms with Gasteiger partial charge in [0.15, 0.2) is 0 Å². The fourth-order valence-electron chi connectivity index (χ4n) is 4.68. The first-order chi connectivity index (χ1) is 18.1. The number of methoxy groups -OCH3 is 2. The summed E-state index contributed by atoms with van der Waals surface area (Å²) in [5.74, 6) is -0.317. The highest BCUT2D eigenvalue weighted by Crippen LogP contribution is 2.42. The summed E-state index contributed by atoms with van der Waals surface area (Å²) in [6.07, 6.45) is 1.97. The molecule has 1 aromatic heterocycles. The van der Waals surface area contributed by atoms with Gasteiger partial charge in [-0.05, 0) is 22.3 Å². The van der Waals surface area contributed by atoms with E-state index in [9.17, 15) is 9.59 Å². The third-order valence-electron chi connectivity index (χ3n) is 6.49. The quantitative estimate of drug-likeness (QED) is 0.255. The number of esters is 1. The maximum Gasteiger partial charge on any atom is 0.328 e. The van der Waals surface area contributed by atoms with E-state index in [4.69, 9.17) is 9.47 Å². The Kier molecular flexibility index (Phi) is 8.31. The molecule has 4 aromatic rings. The summed E-state index contributed by atoms with van der Waals surface area (Å²) in [4.78, 5) is 30.6. The zero-order valence-electron chi connectivity index (χ0n) is 21.0. The minimum atomic E-state index is -0.868. The molecule has 1 N–H and O–H groups in total. The summed E-state index contributed by atoms with van der Waals surface area (Å²) < 4.78 is 10.1. The largest absolute Gasteiger partial charge is 0.481 e. The second kappa shape index (κ2) is 12.0. The minimum absolute atomic E-state index is 0.0966. The molecule has 6 heteroatoms. The maximum atomic E-state index is 13.7. The van der Waals surface area contributed by atoms with Crippen LogP contribution in [0.2, 0.25) is 0 Å². The van der Waals surface area contributed by atoms with Crippen molar-refractivity contribution in [1.29, 1.82) is 0 Å². The predicted molar refractivity (Wildman–Crippen MR) is 142 cm³/mol. The van der Waals surface area contributed by atoms with Gasteiger partial charge in [-0.15, -0.1) is 0 Å². The normalized spacial score (nSPS) is 11.8. The van der Waals surface area contributed by atoms with E-state index >= 15 is 0 Å². The van der Waals surface area contributed by atoms with Crippen molar-refractivity contribution in [3.05, 3.63) is 132 Å². The highest BCUT2D eigenvalue weighted by molar-refractivity contribution is 5.86. The molecule has 4 rings (SSSR count). The average molecular weight is 495 g/mol. The molecule has 1 atom stereocenters. The van der Waals surface area contributed by atoms with E-state index in [1.54, 1.807) is 12.3 Å². The number of rotatable bonds is 10. The van der Waals surface area contributed by atoms with E-state index in [-0.39, 0.29) is 18.7 Å². The molecular formula is C31H30N2O4. The third-order valence-corrected chi connectivity index (χ3v) is 6.49. The number of ether oxygens (including phenoxy) is 2. The molecule has 37 heavy (non-hydrogen) atoms. The molecule has 0 spiro atoms. The second-order valence-corrected chi connectivity index (χ2v) is 8.74. The van der Waals surface area contributed by atoms with Gasteiger partial charge >= 0.3 is 5.97 Å². The first kappa shape index (κ1) is 25.6. The fourth-order valence-corrected chi connectivity index (χ4v) is 4.68. The van der Waals surface area contributed by atoms with E-state index in [0.29, 0.717) is 5.88 Å². The van der Waals surface area contributed by atoms with Crippen LogP contribution in [0.15, 0.2) is 109 Å². The molecule has 0 aliphatic carbocycles. The van der Waals surface area contributed by atoms with Crippen LogP contribution >= 0.6 is 0 Å². The van der Waals surface area contributed by atoms with Gasteiger partial charge in [-0.2, -0.15) is 0 Å². The van der Waals surface area contributed by atoms with Gasteiger partial charge in [0.25, 0.3) is 0 Å². The van der Waals surface area contributed by atoms with E-state index < -0.39 is 17.4 Å². The lowest BCUT2D eigenvalue weighted by Gasteiger charge is -2.36. The number of hydrogen-bond donors (Lipinski definition) is 1. The molecule has 0 unspecified atom stereocenters. The summed E-state index contributed by atoms with van der Waals surface area (Å²) >= 11 is 0. The smallest absolute Gasteiger partial charge is 0.328 e. The third kappa shape index (κ3) is 5.86. The molecule has 1 amide bonds. The summed E-state index contributed by atoms with van der Waals surface area (Å²) in [5, 5.41) is 2.94. The van der Waals surface area contributed by atoms with E-state index in [2.05, 4.69) is 10.3 Å². The Bertz CT molecular complexity index is 1200. The molecule has 3 aromatic carbocycles. The van der Waals surface area contributed by atoms with Crippen LogP contribution in [0.4, 0.5) is 0 Å². The SMILES string of the molecule is COC(=O)[C@@H](Cc1ccc(OC)nc1)NC(=O)CC(c1ccccc1)(c1ccccc1)c1ccccc1. The van der Waals surface area contributed by atoms with Gasteiger partial charge < -0.3 is 14.8 Å². The molecule has 0 bridgehead atoms. The Labute approximate surface area is 217 Å². The fraction of sp³-hybridized carbons (Fsp3) is 0.194. The predicted octanol–water partition coefficient (Wildman–Crippen LogP) is 4.72. The molecule has 1 heterocycles. The van der Waals surface area contributed by atoms with Crippen LogP contribution < -0.4 is 10.1 Å². The molecule has 6 nitrogen and oxygen atoms in total. The van der Waals surface area contributed by atoms with Gasteiger partial charge in [0.2, 0.25) is 11.8 Å². The molecular weight excluding hydrogens is 464 g/mol. The lowest BCUT2D eigenvalue weighted by atomic mass is 9.67. The maximum absolute atomic E-state index is 13.7. The molecule has 0 fully saturated rings. The van der Waals surface area contributed by atoms with Gasteiger partial charge in [0.05, 0.1) is 19.6 Å². The number of pyridine rings is 1. The van der Waals surface area contributed by atoms with Gasteiger partial charge in [0.1, 0.15) is 6.04 Å². The monoisotopic (exact) mass is 494 g/mol. The summed E-state index contributed by atoms with van der Waals surface area (Å²) in [5.41, 5.74) is 2.96. The number of carbonyl (C=O) groups excluding carboxylic acids is 2. The van der Waals surface area contributed by atoms with E-state index in [0.717, 1.165) is 22.3 Å². The van der Waals surface area contributed by atoms with Crippen molar-refractivity contribution < 1.29 is 19.1 Å². The second-order valence-electron chi connectivity index (χ2n) is 8.74. The molecule has 0 radical (unpaired) electrons. The number of amides is 1. The average Bonchev–Trinajstić information content (AvgIpc) is 2.97. The van der Waals surface area contributed by atoms with Crippen molar-refractivity contribution in [2.45, 2.75) is 24.3 Å². The van der Waals surface area contributed by atoms with Crippen LogP contribution in [-0.2, 0) is 26.2 Å². The Morgan fingerprint density at radius 2 is 1.30 bits per heavy atom. The lowest BCUT2D eigenvalue weighted by Crippen LogP contribution is -2.46. The van der Waals surface area contributed by atoms with Crippen molar-refractivity contribution in [3.63, 3.8) is 0 Å². The number of aromatic nitrogens is 1. The van der Waals surface area contributed by atoms with Gasteiger partial charge in [-0.1, -0.05) is 97.1 Å². The molecule has 188 valence electrons. The lowest BCUT2D eigenvalue weighted by molar-refractivity contribution is -0.145. The Balaban J connectivity index is 1.71. The van der Waals surface area contributed by atoms with Crippen molar-refractivity contribution in [3.8, 4) is 5.88 Å². The number of nitrogens with one attached hydrogen (secondary N) is 1. The summed E-state index contributed by atoms with van der Waals surface area (Å²) in [6.45, 7) is 0. The standard InChI is InChI=1S/C31H30N2O4/c1-36-29-19-18-23(22-32-29)20-27(30(35)37-2)33-28(34)21-31(24-12-6-3-7-13-24,25-14-8-4-9-15-25)26-16-10-5-11-17-26/h3-19,22,27H,20-21H2,1-2H3,(H,33,34)/t27-/m1/s1. The first-order valence-electron chi connectivity index (χ1n) is 12.1. The number of carbonyl (C=O) groups is 2. The van der Waals surface area contributed by atoms with Crippen molar-refractivity contribution in [1.82, 2.24) is 10.3 Å². The molecule has 0 saturated carbocycles. The van der Waals surface area contributed by atoms with Crippen LogP contribution in [0, 0.1) is 0 Å². The zero-order valence-corrected chi connectivity index (χ0v) is 21.0. The number of benzene rings is 3. The topological polar surface area (TPSA) is 77.5 Å². The zero-order chi connectivity index (χ0) is 26.1. The Hall–Kier alpha value is -4.45. The molecule has 0 aliphatic heterocycles. The van der Waals surface area contributed by atoms with E-state index in [1.807, 2.05) is 97.1 Å². The Morgan fingerprint density at radius 1 is 0.784 bits per heavy atom. The van der Waals surface area contributed by atoms with Crippen molar-refractivity contribution in [2.75, 3.05) is 14.2 Å². The minimum Gasteiger partial charge on any atom is -0.481 e. The van der Waals surface area contributed by atoms with Crippen LogP contribution in [-0.4, -0.2) is 37.1 Å². The Morgan fingerprint density at radius 3 is 1.70 bits per heavy atom. The van der Waals surface area contributed by atoms with Gasteiger partial charge in [0, 0.05) is 25.1 Å². The van der Waals surface area contributed by atoms with Crippen molar-refractivity contribution in [2.24, 2.45) is 0 Å². The van der Waals surface area contributed by atoms with Crippen LogP contribution in [0.5, 0.6) is 5.88 Å². The molecule has 0 saturated heterocycles.